The molecule has 0 aliphatic carbocycles. The second-order valence-electron chi connectivity index (χ2n) is 7.39. The van der Waals surface area contributed by atoms with E-state index >= 15 is 0 Å². The van der Waals surface area contributed by atoms with Crippen LogP contribution in [0.3, 0.4) is 0 Å². The highest BCUT2D eigenvalue weighted by atomic mass is 32.2. The molecule has 0 bridgehead atoms. The molecule has 0 saturated heterocycles. The van der Waals surface area contributed by atoms with Crippen LogP contribution in [-0.2, 0) is 4.74 Å². The molecule has 0 saturated carbocycles. The Bertz CT molecular complexity index is 671. The fourth-order valence-corrected chi connectivity index (χ4v) is 4.57. The summed E-state index contributed by atoms with van der Waals surface area (Å²) in [5, 5.41) is 11.4. The maximum absolute atomic E-state index is 6.41. The molecular formula is C24H38N4OS2. The van der Waals surface area contributed by atoms with Crippen molar-refractivity contribution in [3.8, 4) is 0 Å². The van der Waals surface area contributed by atoms with Gasteiger partial charge < -0.3 is 4.74 Å². The van der Waals surface area contributed by atoms with Crippen LogP contribution in [-0.4, -0.2) is 49.2 Å². The van der Waals surface area contributed by atoms with Crippen molar-refractivity contribution < 1.29 is 4.74 Å². The predicted octanol–water partition coefficient (Wildman–Crippen LogP) is 5.10. The maximum Gasteiger partial charge on any atom is 0.0664 e. The van der Waals surface area contributed by atoms with Gasteiger partial charge >= 0.3 is 0 Å². The molecule has 0 aliphatic rings. The van der Waals surface area contributed by atoms with E-state index in [1.807, 2.05) is 0 Å². The van der Waals surface area contributed by atoms with Gasteiger partial charge in [-0.25, -0.2) is 0 Å². The molecule has 2 rings (SSSR count). The Morgan fingerprint density at radius 2 is 0.968 bits per heavy atom. The number of benzene rings is 2. The van der Waals surface area contributed by atoms with Gasteiger partial charge in [0.1, 0.15) is 0 Å². The van der Waals surface area contributed by atoms with E-state index in [0.29, 0.717) is 13.2 Å². The lowest BCUT2D eigenvalue weighted by molar-refractivity contribution is 0.0247. The molecule has 0 aliphatic heterocycles. The minimum Gasteiger partial charge on any atom is -0.377 e. The zero-order valence-electron chi connectivity index (χ0n) is 19.3. The van der Waals surface area contributed by atoms with Crippen molar-refractivity contribution >= 4 is 23.9 Å². The fraction of sp³-hybridized carbons (Fsp3) is 0.500. The Kier molecular flexibility index (Phi) is 12.0. The van der Waals surface area contributed by atoms with E-state index < -0.39 is 0 Å². The average molecular weight is 463 g/mol. The van der Waals surface area contributed by atoms with E-state index in [1.165, 1.54) is 35.0 Å². The van der Waals surface area contributed by atoms with Crippen LogP contribution in [0, 0.1) is 0 Å². The van der Waals surface area contributed by atoms with Crippen molar-refractivity contribution in [2.75, 3.05) is 39.4 Å². The first-order chi connectivity index (χ1) is 15.1. The Balaban J connectivity index is 2.16. The minimum absolute atomic E-state index is 0.222. The molecule has 0 fully saturated rings. The SMILES string of the molecule is CCN(CC)C(COCC(c1ccc(SN)cc1)N(CC)CC)c1ccc(SN)cc1. The van der Waals surface area contributed by atoms with Gasteiger partial charge in [0.15, 0.2) is 0 Å². The quantitative estimate of drug-likeness (QED) is 0.379. The molecule has 7 heteroatoms. The second kappa shape index (κ2) is 14.2. The minimum atomic E-state index is 0.222. The molecule has 2 aromatic carbocycles. The summed E-state index contributed by atoms with van der Waals surface area (Å²) in [7, 11) is 0. The van der Waals surface area contributed by atoms with E-state index in [0.717, 1.165) is 36.0 Å². The summed E-state index contributed by atoms with van der Waals surface area (Å²) in [6.45, 7) is 14.1. The monoisotopic (exact) mass is 462 g/mol. The third kappa shape index (κ3) is 7.49. The maximum atomic E-state index is 6.41. The summed E-state index contributed by atoms with van der Waals surface area (Å²) in [4.78, 5) is 7.04. The van der Waals surface area contributed by atoms with Crippen LogP contribution in [0.2, 0.25) is 0 Å². The molecule has 2 aromatic rings. The van der Waals surface area contributed by atoms with Gasteiger partial charge in [-0.3, -0.25) is 20.1 Å². The van der Waals surface area contributed by atoms with Gasteiger partial charge in [0, 0.05) is 9.79 Å². The van der Waals surface area contributed by atoms with Gasteiger partial charge in [0.25, 0.3) is 0 Å². The largest absolute Gasteiger partial charge is 0.377 e. The topological polar surface area (TPSA) is 67.8 Å². The number of hydrogen-bond donors (Lipinski definition) is 2. The molecule has 172 valence electrons. The van der Waals surface area contributed by atoms with Gasteiger partial charge in [-0.1, -0.05) is 52.0 Å². The first kappa shape index (κ1) is 26.2. The number of nitrogens with zero attached hydrogens (tertiary/aromatic N) is 2. The second-order valence-corrected chi connectivity index (χ2v) is 8.80. The molecule has 0 aromatic heterocycles. The van der Waals surface area contributed by atoms with Crippen molar-refractivity contribution in [3.05, 3.63) is 59.7 Å². The molecule has 2 atom stereocenters. The van der Waals surface area contributed by atoms with Gasteiger partial charge in [-0.15, -0.1) is 0 Å². The van der Waals surface area contributed by atoms with E-state index in [-0.39, 0.29) is 12.1 Å². The average Bonchev–Trinajstić information content (AvgIpc) is 2.83. The summed E-state index contributed by atoms with van der Waals surface area (Å²) in [6.07, 6.45) is 0. The summed E-state index contributed by atoms with van der Waals surface area (Å²) in [5.41, 5.74) is 2.54. The molecule has 5 nitrogen and oxygen atoms in total. The van der Waals surface area contributed by atoms with Crippen LogP contribution in [0.5, 0.6) is 0 Å². The Labute approximate surface area is 197 Å². The van der Waals surface area contributed by atoms with E-state index in [1.54, 1.807) is 0 Å². The smallest absolute Gasteiger partial charge is 0.0664 e. The molecule has 0 radical (unpaired) electrons. The summed E-state index contributed by atoms with van der Waals surface area (Å²) in [5.74, 6) is 0. The third-order valence-electron chi connectivity index (χ3n) is 5.86. The van der Waals surface area contributed by atoms with Gasteiger partial charge in [-0.05, 0) is 85.5 Å². The Hall–Kier alpha value is -1.06. The number of nitrogens with two attached hydrogens (primary N) is 2. The van der Waals surface area contributed by atoms with Crippen LogP contribution in [0.25, 0.3) is 0 Å². The third-order valence-corrected chi connectivity index (χ3v) is 6.95. The lowest BCUT2D eigenvalue weighted by Gasteiger charge is -2.33. The van der Waals surface area contributed by atoms with Crippen LogP contribution < -0.4 is 10.3 Å². The lowest BCUT2D eigenvalue weighted by atomic mass is 10.0. The van der Waals surface area contributed by atoms with Crippen molar-refractivity contribution in [3.63, 3.8) is 0 Å². The number of ether oxygens (including phenoxy) is 1. The van der Waals surface area contributed by atoms with E-state index in [2.05, 4.69) is 86.0 Å². The zero-order valence-corrected chi connectivity index (χ0v) is 20.9. The molecule has 31 heavy (non-hydrogen) atoms. The van der Waals surface area contributed by atoms with Gasteiger partial charge in [0.05, 0.1) is 25.3 Å². The van der Waals surface area contributed by atoms with E-state index in [9.17, 15) is 0 Å². The normalized spacial score (nSPS) is 13.7. The fourth-order valence-electron chi connectivity index (χ4n) is 3.98. The van der Waals surface area contributed by atoms with Crippen molar-refractivity contribution in [1.29, 1.82) is 0 Å². The number of hydrogen-bond acceptors (Lipinski definition) is 7. The molecule has 2 unspecified atom stereocenters. The Morgan fingerprint density at radius 1 is 0.645 bits per heavy atom. The highest BCUT2D eigenvalue weighted by Crippen LogP contribution is 2.26. The van der Waals surface area contributed by atoms with Crippen LogP contribution in [0.4, 0.5) is 0 Å². The van der Waals surface area contributed by atoms with E-state index in [4.69, 9.17) is 15.0 Å². The lowest BCUT2D eigenvalue weighted by Crippen LogP contribution is -2.35. The van der Waals surface area contributed by atoms with Crippen LogP contribution in [0.15, 0.2) is 58.3 Å². The molecule has 4 N–H and O–H groups in total. The summed E-state index contributed by atoms with van der Waals surface area (Å²) in [6, 6.07) is 17.5. The molecular weight excluding hydrogens is 424 g/mol. The number of likely N-dealkylation sites (N-methyl/N-ethyl adjacent to an activating group) is 2. The van der Waals surface area contributed by atoms with Crippen molar-refractivity contribution in [1.82, 2.24) is 9.80 Å². The molecule has 0 spiro atoms. The molecule has 0 amide bonds. The van der Waals surface area contributed by atoms with Gasteiger partial charge in [0.2, 0.25) is 0 Å². The van der Waals surface area contributed by atoms with Crippen molar-refractivity contribution in [2.45, 2.75) is 49.6 Å². The highest BCUT2D eigenvalue weighted by Gasteiger charge is 2.22. The summed E-state index contributed by atoms with van der Waals surface area (Å²) < 4.78 is 6.41. The van der Waals surface area contributed by atoms with Crippen LogP contribution >= 0.6 is 23.9 Å². The van der Waals surface area contributed by atoms with Crippen LogP contribution in [0.1, 0.15) is 50.9 Å². The zero-order chi connectivity index (χ0) is 22.6. The Morgan fingerprint density at radius 3 is 1.23 bits per heavy atom. The number of rotatable bonds is 14. The van der Waals surface area contributed by atoms with Crippen molar-refractivity contribution in [2.24, 2.45) is 10.3 Å². The highest BCUT2D eigenvalue weighted by molar-refractivity contribution is 7.97. The standard InChI is InChI=1S/C24H38N4OS2/c1-5-27(6-2)23(19-9-13-21(30-25)14-10-19)17-29-18-24(28(7-3)8-4)20-11-15-22(31-26)16-12-20/h9-16,23-24H,5-8,17-18,25-26H2,1-4H3. The summed E-state index contributed by atoms with van der Waals surface area (Å²) >= 11 is 2.56. The first-order valence-electron chi connectivity index (χ1n) is 11.1. The van der Waals surface area contributed by atoms with Gasteiger partial charge in [-0.2, -0.15) is 0 Å². The first-order valence-corrected chi connectivity index (χ1v) is 12.9. The molecule has 0 heterocycles. The predicted molar refractivity (Wildman–Crippen MR) is 135 cm³/mol.